The van der Waals surface area contributed by atoms with Gasteiger partial charge < -0.3 is 9.13 Å². The van der Waals surface area contributed by atoms with E-state index in [-0.39, 0.29) is 0 Å². The number of imidazole rings is 2. The van der Waals surface area contributed by atoms with Crippen molar-refractivity contribution < 1.29 is 0 Å². The van der Waals surface area contributed by atoms with E-state index in [1.807, 2.05) is 19.2 Å². The first-order valence-electron chi connectivity index (χ1n) is 14.0. The maximum Gasteiger partial charge on any atom is 0.140 e. The first kappa shape index (κ1) is 25.5. The number of hydrogen-bond acceptors (Lipinski definition) is 2. The summed E-state index contributed by atoms with van der Waals surface area (Å²) in [7, 11) is 4.10. The zero-order valence-corrected chi connectivity index (χ0v) is 23.8. The number of benzene rings is 5. The van der Waals surface area contributed by atoms with Gasteiger partial charge in [-0.1, -0.05) is 86.0 Å². The molecule has 0 amide bonds. The van der Waals surface area contributed by atoms with Gasteiger partial charge in [0.15, 0.2) is 0 Å². The molecule has 202 valence electrons. The number of aromatic nitrogens is 4. The largest absolute Gasteiger partial charge is 0.327 e. The lowest BCUT2D eigenvalue weighted by Crippen LogP contribution is -1.95. The zero-order valence-electron chi connectivity index (χ0n) is 23.8. The van der Waals surface area contributed by atoms with Crippen LogP contribution in [0.1, 0.15) is 11.4 Å². The highest BCUT2D eigenvalue weighted by Crippen LogP contribution is 2.39. The number of hydrogen-bond donors (Lipinski definition) is 0. The Balaban J connectivity index is 1.41. The molecule has 42 heavy (non-hydrogen) atoms. The van der Waals surface area contributed by atoms with Crippen molar-refractivity contribution in [1.82, 2.24) is 19.1 Å². The third kappa shape index (κ3) is 4.16. The summed E-state index contributed by atoms with van der Waals surface area (Å²) in [4.78, 5) is 9.83. The van der Waals surface area contributed by atoms with Crippen LogP contribution < -0.4 is 0 Å². The molecule has 7 aromatic rings. The maximum absolute atomic E-state index is 4.96. The van der Waals surface area contributed by atoms with Crippen molar-refractivity contribution in [2.45, 2.75) is 0 Å². The summed E-state index contributed by atoms with van der Waals surface area (Å²) >= 11 is 0. The summed E-state index contributed by atoms with van der Waals surface area (Å²) < 4.78 is 4.24. The van der Waals surface area contributed by atoms with Gasteiger partial charge in [0.25, 0.3) is 0 Å². The van der Waals surface area contributed by atoms with Crippen LogP contribution in [0.15, 0.2) is 122 Å². The highest BCUT2D eigenvalue weighted by atomic mass is 15.1. The van der Waals surface area contributed by atoms with Crippen LogP contribution in [0.25, 0.3) is 79.0 Å². The van der Waals surface area contributed by atoms with Crippen LogP contribution in [0.5, 0.6) is 0 Å². The van der Waals surface area contributed by atoms with Gasteiger partial charge in [-0.2, -0.15) is 0 Å². The molecule has 0 radical (unpaired) electrons. The van der Waals surface area contributed by atoms with Crippen LogP contribution >= 0.6 is 0 Å². The highest BCUT2D eigenvalue weighted by Gasteiger charge is 2.16. The molecule has 2 heterocycles. The molecule has 2 aromatic heterocycles. The fraction of sp³-hybridized carbons (Fsp3) is 0.0526. The molecule has 0 aliphatic carbocycles. The second-order valence-corrected chi connectivity index (χ2v) is 10.6. The number of rotatable bonds is 6. The average molecular weight is 543 g/mol. The number of nitrogens with zero attached hydrogens (tertiary/aromatic N) is 4. The molecule has 0 saturated heterocycles. The molecule has 0 bridgehead atoms. The SMILES string of the molecule is C=Cc1nc(-c2cccc(-c3cc4ccccc4cc3-c3cccc(-c4nc5ccccc5n4C)c3)c2)n(C)c1C=C. The van der Waals surface area contributed by atoms with Gasteiger partial charge in [0.2, 0.25) is 0 Å². The minimum atomic E-state index is 0.832. The lowest BCUT2D eigenvalue weighted by molar-refractivity contribution is 0.913. The minimum absolute atomic E-state index is 0.832. The second-order valence-electron chi connectivity index (χ2n) is 10.6. The van der Waals surface area contributed by atoms with E-state index < -0.39 is 0 Å². The third-order valence-corrected chi connectivity index (χ3v) is 8.09. The van der Waals surface area contributed by atoms with Crippen molar-refractivity contribution in [3.05, 3.63) is 134 Å². The molecule has 0 N–H and O–H groups in total. The van der Waals surface area contributed by atoms with Crippen LogP contribution in [0.2, 0.25) is 0 Å². The predicted octanol–water partition coefficient (Wildman–Crippen LogP) is 9.41. The number of fused-ring (bicyclic) bond motifs is 2. The van der Waals surface area contributed by atoms with Crippen LogP contribution in [0.4, 0.5) is 0 Å². The molecular formula is C38H30N4. The van der Waals surface area contributed by atoms with Crippen LogP contribution in [-0.2, 0) is 14.1 Å². The van der Waals surface area contributed by atoms with Crippen molar-refractivity contribution in [3.63, 3.8) is 0 Å². The van der Waals surface area contributed by atoms with E-state index in [0.29, 0.717) is 0 Å². The fourth-order valence-electron chi connectivity index (χ4n) is 5.96. The zero-order chi connectivity index (χ0) is 28.8. The van der Waals surface area contributed by atoms with Crippen LogP contribution in [0.3, 0.4) is 0 Å². The van der Waals surface area contributed by atoms with Crippen LogP contribution in [0, 0.1) is 0 Å². The quantitative estimate of drug-likeness (QED) is 0.210. The normalized spacial score (nSPS) is 11.3. The Morgan fingerprint density at radius 1 is 0.548 bits per heavy atom. The van der Waals surface area contributed by atoms with E-state index in [9.17, 15) is 0 Å². The summed E-state index contributed by atoms with van der Waals surface area (Å²) in [5.41, 5.74) is 10.6. The van der Waals surface area contributed by atoms with Crippen molar-refractivity contribution >= 4 is 34.0 Å². The van der Waals surface area contributed by atoms with Gasteiger partial charge >= 0.3 is 0 Å². The molecule has 0 saturated carbocycles. The van der Waals surface area contributed by atoms with Crippen molar-refractivity contribution in [2.24, 2.45) is 14.1 Å². The smallest absolute Gasteiger partial charge is 0.140 e. The summed E-state index contributed by atoms with van der Waals surface area (Å²) in [6.07, 6.45) is 3.61. The maximum atomic E-state index is 4.96. The van der Waals surface area contributed by atoms with Crippen molar-refractivity contribution in [2.75, 3.05) is 0 Å². The summed E-state index contributed by atoms with van der Waals surface area (Å²) in [6.45, 7) is 7.92. The molecule has 0 unspecified atom stereocenters. The van der Waals surface area contributed by atoms with E-state index >= 15 is 0 Å². The van der Waals surface area contributed by atoms with E-state index in [1.165, 1.54) is 21.9 Å². The lowest BCUT2D eigenvalue weighted by Gasteiger charge is -2.15. The Labute approximate surface area is 245 Å². The summed E-state index contributed by atoms with van der Waals surface area (Å²) in [5, 5.41) is 2.41. The molecular weight excluding hydrogens is 512 g/mol. The summed E-state index contributed by atoms with van der Waals surface area (Å²) in [5.74, 6) is 1.83. The molecule has 4 heteroatoms. The Morgan fingerprint density at radius 2 is 1.10 bits per heavy atom. The lowest BCUT2D eigenvalue weighted by atomic mass is 9.90. The van der Waals surface area contributed by atoms with Crippen molar-refractivity contribution in [1.29, 1.82) is 0 Å². The molecule has 5 aromatic carbocycles. The summed E-state index contributed by atoms with van der Waals surface area (Å²) in [6, 6.07) is 38.7. The Kier molecular flexibility index (Phi) is 6.17. The van der Waals surface area contributed by atoms with E-state index in [0.717, 1.165) is 56.3 Å². The Hall–Kier alpha value is -5.48. The highest BCUT2D eigenvalue weighted by molar-refractivity contribution is 5.97. The van der Waals surface area contributed by atoms with Gasteiger partial charge in [-0.25, -0.2) is 9.97 Å². The van der Waals surface area contributed by atoms with E-state index in [1.54, 1.807) is 6.08 Å². The van der Waals surface area contributed by atoms with Gasteiger partial charge in [0, 0.05) is 25.2 Å². The van der Waals surface area contributed by atoms with E-state index in [2.05, 4.69) is 132 Å². The molecule has 0 aliphatic heterocycles. The standard InChI is InChI=1S/C38H30N4/c1-5-33-35(6-2)41(3)37(39-33)29-17-11-15-27(21-29)31-23-25-13-7-8-14-26(25)24-32(31)28-16-12-18-30(22-28)38-40-34-19-9-10-20-36(34)42(38)4/h5-24H,1-2H2,3-4H3. The van der Waals surface area contributed by atoms with Gasteiger partial charge in [0.05, 0.1) is 22.4 Å². The monoisotopic (exact) mass is 542 g/mol. The minimum Gasteiger partial charge on any atom is -0.327 e. The molecule has 7 rings (SSSR count). The van der Waals surface area contributed by atoms with Crippen molar-refractivity contribution in [3.8, 4) is 45.0 Å². The van der Waals surface area contributed by atoms with Gasteiger partial charge in [-0.05, 0) is 81.6 Å². The number of para-hydroxylation sites is 2. The average Bonchev–Trinajstić information content (AvgIpc) is 3.56. The van der Waals surface area contributed by atoms with Gasteiger partial charge in [-0.15, -0.1) is 0 Å². The molecule has 0 aliphatic rings. The topological polar surface area (TPSA) is 35.6 Å². The second kappa shape index (κ2) is 10.2. The van der Waals surface area contributed by atoms with E-state index in [4.69, 9.17) is 9.97 Å². The van der Waals surface area contributed by atoms with Gasteiger partial charge in [0.1, 0.15) is 11.6 Å². The Bertz CT molecular complexity index is 2160. The first-order valence-corrected chi connectivity index (χ1v) is 14.0. The fourth-order valence-corrected chi connectivity index (χ4v) is 5.96. The molecule has 0 spiro atoms. The van der Waals surface area contributed by atoms with Crippen LogP contribution in [-0.4, -0.2) is 19.1 Å². The Morgan fingerprint density at radius 3 is 1.64 bits per heavy atom. The molecule has 0 atom stereocenters. The first-order chi connectivity index (χ1) is 20.6. The number of aryl methyl sites for hydroxylation is 1. The predicted molar refractivity (Wildman–Crippen MR) is 177 cm³/mol. The molecule has 0 fully saturated rings. The molecule has 4 nitrogen and oxygen atoms in total. The third-order valence-electron chi connectivity index (χ3n) is 8.09. The van der Waals surface area contributed by atoms with Gasteiger partial charge in [-0.3, -0.25) is 0 Å².